The topological polar surface area (TPSA) is 89.3 Å². The molecular formula is C14H18N4O3. The third-order valence-corrected chi connectivity index (χ3v) is 3.64. The maximum Gasteiger partial charge on any atom is 0.222 e. The molecule has 0 bridgehead atoms. The van der Waals surface area contributed by atoms with Crippen molar-refractivity contribution in [2.75, 3.05) is 13.2 Å². The van der Waals surface area contributed by atoms with Gasteiger partial charge < -0.3 is 15.2 Å². The molecule has 0 aliphatic carbocycles. The standard InChI is InChI=1S/C14H18N4O3/c19-13-6-8-21-9-11(13)15-14(20)5-7-18-12-4-2-1-3-10(12)16-17-18/h1-4,11,13,19H,5-9H2,(H,15,20)/t11-,13-/m1/s1. The number of benzene rings is 1. The van der Waals surface area contributed by atoms with Gasteiger partial charge in [-0.25, -0.2) is 4.68 Å². The monoisotopic (exact) mass is 290 g/mol. The van der Waals surface area contributed by atoms with Crippen molar-refractivity contribution < 1.29 is 14.6 Å². The highest BCUT2D eigenvalue weighted by Gasteiger charge is 2.25. The largest absolute Gasteiger partial charge is 0.391 e. The summed E-state index contributed by atoms with van der Waals surface area (Å²) in [4.78, 5) is 11.9. The molecule has 2 atom stereocenters. The number of carbonyl (C=O) groups is 1. The summed E-state index contributed by atoms with van der Waals surface area (Å²) in [5.41, 5.74) is 1.72. The molecule has 1 amide bonds. The molecule has 21 heavy (non-hydrogen) atoms. The smallest absolute Gasteiger partial charge is 0.222 e. The molecule has 7 nitrogen and oxygen atoms in total. The van der Waals surface area contributed by atoms with Gasteiger partial charge in [0.2, 0.25) is 5.91 Å². The van der Waals surface area contributed by atoms with Gasteiger partial charge in [-0.1, -0.05) is 17.3 Å². The van der Waals surface area contributed by atoms with Crippen LogP contribution in [0.3, 0.4) is 0 Å². The Morgan fingerprint density at radius 2 is 2.33 bits per heavy atom. The number of nitrogens with zero attached hydrogens (tertiary/aromatic N) is 3. The molecule has 2 heterocycles. The highest BCUT2D eigenvalue weighted by Crippen LogP contribution is 2.11. The van der Waals surface area contributed by atoms with E-state index in [4.69, 9.17) is 4.74 Å². The van der Waals surface area contributed by atoms with E-state index in [1.165, 1.54) is 0 Å². The molecule has 112 valence electrons. The van der Waals surface area contributed by atoms with Crippen LogP contribution in [0.5, 0.6) is 0 Å². The number of hydrogen-bond donors (Lipinski definition) is 2. The minimum atomic E-state index is -0.532. The third kappa shape index (κ3) is 3.20. The number of aryl methyl sites for hydroxylation is 1. The zero-order valence-electron chi connectivity index (χ0n) is 11.6. The second kappa shape index (κ2) is 6.19. The van der Waals surface area contributed by atoms with Crippen molar-refractivity contribution in [3.05, 3.63) is 24.3 Å². The number of hydrogen-bond acceptors (Lipinski definition) is 5. The van der Waals surface area contributed by atoms with Crippen LogP contribution < -0.4 is 5.32 Å². The molecule has 2 aromatic rings. The molecule has 0 saturated carbocycles. The minimum absolute atomic E-state index is 0.121. The molecule has 1 aliphatic rings. The summed E-state index contributed by atoms with van der Waals surface area (Å²) in [6.45, 7) is 1.35. The van der Waals surface area contributed by atoms with Crippen LogP contribution in [0.25, 0.3) is 11.0 Å². The average Bonchev–Trinajstić information content (AvgIpc) is 2.91. The minimum Gasteiger partial charge on any atom is -0.391 e. The van der Waals surface area contributed by atoms with Crippen LogP contribution in [0.2, 0.25) is 0 Å². The lowest BCUT2D eigenvalue weighted by molar-refractivity contribution is -0.124. The van der Waals surface area contributed by atoms with Crippen LogP contribution in [-0.2, 0) is 16.1 Å². The molecule has 1 fully saturated rings. The van der Waals surface area contributed by atoms with Gasteiger partial charge in [-0.15, -0.1) is 5.10 Å². The van der Waals surface area contributed by atoms with E-state index in [9.17, 15) is 9.90 Å². The molecule has 0 spiro atoms. The summed E-state index contributed by atoms with van der Waals surface area (Å²) in [7, 11) is 0. The van der Waals surface area contributed by atoms with E-state index < -0.39 is 6.10 Å². The fourth-order valence-electron chi connectivity index (χ4n) is 2.43. The van der Waals surface area contributed by atoms with Gasteiger partial charge in [-0.3, -0.25) is 4.79 Å². The molecule has 3 rings (SSSR count). The van der Waals surface area contributed by atoms with Gasteiger partial charge in [0, 0.05) is 13.0 Å². The highest BCUT2D eigenvalue weighted by atomic mass is 16.5. The Kier molecular flexibility index (Phi) is 4.12. The van der Waals surface area contributed by atoms with Crippen molar-refractivity contribution in [1.82, 2.24) is 20.3 Å². The van der Waals surface area contributed by atoms with Crippen LogP contribution in [0.1, 0.15) is 12.8 Å². The van der Waals surface area contributed by atoms with Crippen LogP contribution in [0.15, 0.2) is 24.3 Å². The first-order valence-corrected chi connectivity index (χ1v) is 7.07. The predicted molar refractivity (Wildman–Crippen MR) is 75.5 cm³/mol. The van der Waals surface area contributed by atoms with E-state index in [1.807, 2.05) is 24.3 Å². The molecule has 0 unspecified atom stereocenters. The van der Waals surface area contributed by atoms with Gasteiger partial charge in [0.1, 0.15) is 5.52 Å². The summed E-state index contributed by atoms with van der Waals surface area (Å²) in [5.74, 6) is -0.121. The Labute approximate surface area is 121 Å². The van der Waals surface area contributed by atoms with Gasteiger partial charge in [-0.2, -0.15) is 0 Å². The van der Waals surface area contributed by atoms with Crippen molar-refractivity contribution >= 4 is 16.9 Å². The Hall–Kier alpha value is -1.99. The highest BCUT2D eigenvalue weighted by molar-refractivity contribution is 5.77. The summed E-state index contributed by atoms with van der Waals surface area (Å²) in [6, 6.07) is 7.30. The van der Waals surface area contributed by atoms with E-state index >= 15 is 0 Å². The molecule has 7 heteroatoms. The lowest BCUT2D eigenvalue weighted by atomic mass is 10.1. The van der Waals surface area contributed by atoms with E-state index in [2.05, 4.69) is 15.6 Å². The number of amides is 1. The van der Waals surface area contributed by atoms with Crippen LogP contribution >= 0.6 is 0 Å². The zero-order chi connectivity index (χ0) is 14.7. The number of ether oxygens (including phenoxy) is 1. The van der Waals surface area contributed by atoms with E-state index in [0.717, 1.165) is 11.0 Å². The van der Waals surface area contributed by atoms with Gasteiger partial charge in [-0.05, 0) is 18.6 Å². The lowest BCUT2D eigenvalue weighted by Gasteiger charge is -2.28. The number of aliphatic hydroxyl groups excluding tert-OH is 1. The van der Waals surface area contributed by atoms with Crippen LogP contribution in [0, 0.1) is 0 Å². The lowest BCUT2D eigenvalue weighted by Crippen LogP contribution is -2.49. The summed E-state index contributed by atoms with van der Waals surface area (Å²) >= 11 is 0. The van der Waals surface area contributed by atoms with E-state index in [1.54, 1.807) is 4.68 Å². The van der Waals surface area contributed by atoms with Gasteiger partial charge in [0.25, 0.3) is 0 Å². The Bertz CT molecular complexity index is 627. The first-order chi connectivity index (χ1) is 10.2. The number of nitrogens with one attached hydrogen (secondary N) is 1. The number of rotatable bonds is 4. The fourth-order valence-corrected chi connectivity index (χ4v) is 2.43. The molecule has 1 saturated heterocycles. The van der Waals surface area contributed by atoms with E-state index in [-0.39, 0.29) is 18.4 Å². The van der Waals surface area contributed by atoms with Crippen LogP contribution in [-0.4, -0.2) is 51.4 Å². The molecular weight excluding hydrogens is 272 g/mol. The SMILES string of the molecule is O=C(CCn1nnc2ccccc21)N[C@@H]1COCC[C@H]1O. The Balaban J connectivity index is 1.56. The molecule has 0 radical (unpaired) electrons. The molecule has 1 aromatic carbocycles. The van der Waals surface area contributed by atoms with Gasteiger partial charge in [0.15, 0.2) is 0 Å². The van der Waals surface area contributed by atoms with Crippen molar-refractivity contribution in [2.24, 2.45) is 0 Å². The van der Waals surface area contributed by atoms with Crippen molar-refractivity contribution in [3.63, 3.8) is 0 Å². The summed E-state index contributed by atoms with van der Waals surface area (Å²) in [5, 5.41) is 20.7. The summed E-state index contributed by atoms with van der Waals surface area (Å²) in [6.07, 6.45) is 0.310. The van der Waals surface area contributed by atoms with Gasteiger partial charge in [0.05, 0.1) is 30.8 Å². The number of fused-ring (bicyclic) bond motifs is 1. The first kappa shape index (κ1) is 14.0. The quantitative estimate of drug-likeness (QED) is 0.833. The normalized spacial score (nSPS) is 22.3. The number of para-hydroxylation sites is 1. The molecule has 1 aromatic heterocycles. The predicted octanol–water partition coefficient (Wildman–Crippen LogP) is 0.0874. The second-order valence-electron chi connectivity index (χ2n) is 5.16. The first-order valence-electron chi connectivity index (χ1n) is 7.07. The number of carbonyl (C=O) groups excluding carboxylic acids is 1. The maximum absolute atomic E-state index is 11.9. The molecule has 2 N–H and O–H groups in total. The average molecular weight is 290 g/mol. The van der Waals surface area contributed by atoms with Crippen molar-refractivity contribution in [2.45, 2.75) is 31.5 Å². The Morgan fingerprint density at radius 3 is 3.19 bits per heavy atom. The van der Waals surface area contributed by atoms with Gasteiger partial charge >= 0.3 is 0 Å². The fraction of sp³-hybridized carbons (Fsp3) is 0.500. The Morgan fingerprint density at radius 1 is 1.48 bits per heavy atom. The van der Waals surface area contributed by atoms with Crippen molar-refractivity contribution in [3.8, 4) is 0 Å². The van der Waals surface area contributed by atoms with Crippen LogP contribution in [0.4, 0.5) is 0 Å². The number of aliphatic hydroxyl groups is 1. The van der Waals surface area contributed by atoms with E-state index in [0.29, 0.717) is 26.2 Å². The second-order valence-corrected chi connectivity index (χ2v) is 5.16. The molecule has 1 aliphatic heterocycles. The number of aromatic nitrogens is 3. The third-order valence-electron chi connectivity index (χ3n) is 3.64. The summed E-state index contributed by atoms with van der Waals surface area (Å²) < 4.78 is 6.97. The zero-order valence-corrected chi connectivity index (χ0v) is 11.6. The van der Waals surface area contributed by atoms with Crippen molar-refractivity contribution in [1.29, 1.82) is 0 Å². The maximum atomic E-state index is 11.9.